The third-order valence-electron chi connectivity index (χ3n) is 3.92. The number of benzene rings is 1. The average molecular weight is 263 g/mol. The van der Waals surface area contributed by atoms with Gasteiger partial charge in [0, 0.05) is 11.6 Å². The molecule has 1 fully saturated rings. The Bertz CT molecular complexity index is 459. The number of carbonyl (C=O) groups excluding carboxylic acids is 1. The lowest BCUT2D eigenvalue weighted by Crippen LogP contribution is -2.38. The van der Waals surface area contributed by atoms with Gasteiger partial charge in [0.15, 0.2) is 11.5 Å². The van der Waals surface area contributed by atoms with Crippen LogP contribution in [-0.4, -0.2) is 22.2 Å². The van der Waals surface area contributed by atoms with E-state index in [4.69, 9.17) is 0 Å². The molecule has 0 bridgehead atoms. The molecule has 2 unspecified atom stereocenters. The first-order chi connectivity index (χ1) is 9.08. The molecule has 0 radical (unpaired) electrons. The highest BCUT2D eigenvalue weighted by atomic mass is 16.3. The van der Waals surface area contributed by atoms with E-state index >= 15 is 0 Å². The number of rotatable bonds is 2. The maximum atomic E-state index is 12.1. The molecule has 1 amide bonds. The van der Waals surface area contributed by atoms with E-state index in [2.05, 4.69) is 12.2 Å². The Morgan fingerprint density at radius 3 is 2.63 bits per heavy atom. The van der Waals surface area contributed by atoms with E-state index in [0.717, 1.165) is 19.3 Å². The molecule has 0 aromatic heterocycles. The van der Waals surface area contributed by atoms with Crippen LogP contribution in [0.3, 0.4) is 0 Å². The molecule has 19 heavy (non-hydrogen) atoms. The molecule has 4 nitrogen and oxygen atoms in total. The molecule has 0 heterocycles. The second-order valence-electron chi connectivity index (χ2n) is 5.40. The summed E-state index contributed by atoms with van der Waals surface area (Å²) in [5.41, 5.74) is 0.381. The molecule has 4 heteroatoms. The van der Waals surface area contributed by atoms with Crippen LogP contribution < -0.4 is 5.32 Å². The second kappa shape index (κ2) is 5.95. The minimum absolute atomic E-state index is 0.186. The van der Waals surface area contributed by atoms with Crippen LogP contribution in [0.5, 0.6) is 11.5 Å². The molecule has 1 aromatic carbocycles. The molecular formula is C15H21NO3. The molecule has 2 atom stereocenters. The van der Waals surface area contributed by atoms with Crippen molar-refractivity contribution in [3.8, 4) is 11.5 Å². The van der Waals surface area contributed by atoms with Gasteiger partial charge in [-0.05, 0) is 37.0 Å². The fraction of sp³-hybridized carbons (Fsp3) is 0.533. The number of nitrogens with one attached hydrogen (secondary N) is 1. The molecule has 0 aliphatic heterocycles. The summed E-state index contributed by atoms with van der Waals surface area (Å²) < 4.78 is 0. The number of hydrogen-bond acceptors (Lipinski definition) is 3. The lowest BCUT2D eigenvalue weighted by molar-refractivity contribution is 0.0921. The summed E-state index contributed by atoms with van der Waals surface area (Å²) in [5.74, 6) is -0.174. The van der Waals surface area contributed by atoms with Crippen molar-refractivity contribution in [1.29, 1.82) is 0 Å². The van der Waals surface area contributed by atoms with Gasteiger partial charge < -0.3 is 15.5 Å². The summed E-state index contributed by atoms with van der Waals surface area (Å²) in [7, 11) is 0. The normalized spacial score (nSPS) is 23.6. The summed E-state index contributed by atoms with van der Waals surface area (Å²) in [4.78, 5) is 12.1. The van der Waals surface area contributed by atoms with Crippen LogP contribution in [-0.2, 0) is 0 Å². The molecule has 3 N–H and O–H groups in total. The predicted octanol–water partition coefficient (Wildman–Crippen LogP) is 2.80. The molecule has 1 aliphatic rings. The van der Waals surface area contributed by atoms with Gasteiger partial charge in [-0.2, -0.15) is 0 Å². The van der Waals surface area contributed by atoms with Gasteiger partial charge in [-0.25, -0.2) is 0 Å². The van der Waals surface area contributed by atoms with E-state index < -0.39 is 0 Å². The average Bonchev–Trinajstić information content (AvgIpc) is 2.58. The van der Waals surface area contributed by atoms with Crippen molar-refractivity contribution >= 4 is 5.91 Å². The van der Waals surface area contributed by atoms with Gasteiger partial charge in [-0.3, -0.25) is 4.79 Å². The number of phenolic OH excluding ortho intramolecular Hbond substituents is 2. The van der Waals surface area contributed by atoms with Crippen molar-refractivity contribution in [3.05, 3.63) is 23.8 Å². The van der Waals surface area contributed by atoms with Crippen LogP contribution in [0.15, 0.2) is 18.2 Å². The van der Waals surface area contributed by atoms with Gasteiger partial charge in [-0.1, -0.05) is 26.2 Å². The van der Waals surface area contributed by atoms with E-state index in [9.17, 15) is 15.0 Å². The van der Waals surface area contributed by atoms with Crippen molar-refractivity contribution in [2.75, 3.05) is 0 Å². The van der Waals surface area contributed by atoms with Gasteiger partial charge in [0.1, 0.15) is 0 Å². The maximum absolute atomic E-state index is 12.1. The molecule has 0 spiro atoms. The van der Waals surface area contributed by atoms with E-state index in [0.29, 0.717) is 11.5 Å². The van der Waals surface area contributed by atoms with Crippen molar-refractivity contribution < 1.29 is 15.0 Å². The zero-order valence-corrected chi connectivity index (χ0v) is 11.2. The summed E-state index contributed by atoms with van der Waals surface area (Å²) in [5, 5.41) is 21.7. The predicted molar refractivity (Wildman–Crippen MR) is 73.3 cm³/mol. The van der Waals surface area contributed by atoms with Gasteiger partial charge >= 0.3 is 0 Å². The standard InChI is InChI=1S/C15H21NO3/c1-10-5-3-2-4-6-12(10)16-15(19)11-7-8-13(17)14(18)9-11/h7-10,12,17-18H,2-6H2,1H3,(H,16,19). The number of hydrogen-bond donors (Lipinski definition) is 3. The fourth-order valence-corrected chi connectivity index (χ4v) is 2.62. The summed E-state index contributed by atoms with van der Waals surface area (Å²) in [6, 6.07) is 4.35. The number of amides is 1. The number of carbonyl (C=O) groups is 1. The minimum Gasteiger partial charge on any atom is -0.504 e. The molecule has 1 aliphatic carbocycles. The van der Waals surface area contributed by atoms with Crippen LogP contribution in [0, 0.1) is 5.92 Å². The lowest BCUT2D eigenvalue weighted by atomic mass is 9.96. The van der Waals surface area contributed by atoms with Crippen LogP contribution in [0.2, 0.25) is 0 Å². The van der Waals surface area contributed by atoms with Crippen LogP contribution >= 0.6 is 0 Å². The SMILES string of the molecule is CC1CCCCCC1NC(=O)c1ccc(O)c(O)c1. The second-order valence-corrected chi connectivity index (χ2v) is 5.40. The first-order valence-corrected chi connectivity index (χ1v) is 6.91. The maximum Gasteiger partial charge on any atom is 0.251 e. The monoisotopic (exact) mass is 263 g/mol. The lowest BCUT2D eigenvalue weighted by Gasteiger charge is -2.22. The van der Waals surface area contributed by atoms with Crippen molar-refractivity contribution in [3.63, 3.8) is 0 Å². The third-order valence-corrected chi connectivity index (χ3v) is 3.92. The summed E-state index contributed by atoms with van der Waals surface area (Å²) >= 11 is 0. The number of aromatic hydroxyl groups is 2. The Labute approximate surface area is 113 Å². The third kappa shape index (κ3) is 3.40. The highest BCUT2D eigenvalue weighted by molar-refractivity contribution is 5.95. The van der Waals surface area contributed by atoms with E-state index in [1.807, 2.05) is 0 Å². The quantitative estimate of drug-likeness (QED) is 0.567. The largest absolute Gasteiger partial charge is 0.504 e. The molecule has 2 rings (SSSR count). The van der Waals surface area contributed by atoms with Crippen molar-refractivity contribution in [2.24, 2.45) is 5.92 Å². The van der Waals surface area contributed by atoms with Gasteiger partial charge in [-0.15, -0.1) is 0 Å². The van der Waals surface area contributed by atoms with E-state index in [1.54, 1.807) is 0 Å². The minimum atomic E-state index is -0.262. The molecule has 1 aromatic rings. The van der Waals surface area contributed by atoms with Crippen LogP contribution in [0.1, 0.15) is 49.4 Å². The molecular weight excluding hydrogens is 242 g/mol. The highest BCUT2D eigenvalue weighted by Gasteiger charge is 2.22. The molecule has 1 saturated carbocycles. The van der Waals surface area contributed by atoms with Crippen molar-refractivity contribution in [1.82, 2.24) is 5.32 Å². The Morgan fingerprint density at radius 2 is 1.89 bits per heavy atom. The smallest absolute Gasteiger partial charge is 0.251 e. The first-order valence-electron chi connectivity index (χ1n) is 6.91. The number of phenols is 2. The van der Waals surface area contributed by atoms with Gasteiger partial charge in [0.2, 0.25) is 0 Å². The van der Waals surface area contributed by atoms with E-state index in [-0.39, 0.29) is 23.4 Å². The molecule has 104 valence electrons. The first kappa shape index (κ1) is 13.7. The Hall–Kier alpha value is -1.71. The van der Waals surface area contributed by atoms with E-state index in [1.165, 1.54) is 31.0 Å². The van der Waals surface area contributed by atoms with Crippen LogP contribution in [0.4, 0.5) is 0 Å². The zero-order chi connectivity index (χ0) is 13.8. The summed E-state index contributed by atoms with van der Waals surface area (Å²) in [6.45, 7) is 2.17. The Balaban J connectivity index is 2.05. The Kier molecular flexibility index (Phi) is 4.30. The van der Waals surface area contributed by atoms with Crippen LogP contribution in [0.25, 0.3) is 0 Å². The van der Waals surface area contributed by atoms with Crippen molar-refractivity contribution in [2.45, 2.75) is 45.1 Å². The summed E-state index contributed by atoms with van der Waals surface area (Å²) in [6.07, 6.45) is 5.77. The topological polar surface area (TPSA) is 69.6 Å². The van der Waals surface area contributed by atoms with Gasteiger partial charge in [0.25, 0.3) is 5.91 Å². The van der Waals surface area contributed by atoms with Gasteiger partial charge in [0.05, 0.1) is 0 Å². The fourth-order valence-electron chi connectivity index (χ4n) is 2.62. The highest BCUT2D eigenvalue weighted by Crippen LogP contribution is 2.26. The zero-order valence-electron chi connectivity index (χ0n) is 11.2. The Morgan fingerprint density at radius 1 is 1.16 bits per heavy atom. The molecule has 0 saturated heterocycles.